The number of rotatable bonds is 4. The zero-order valence-electron chi connectivity index (χ0n) is 11.4. The summed E-state index contributed by atoms with van der Waals surface area (Å²) in [5.74, 6) is 1.41. The Labute approximate surface area is 99.8 Å². The number of ketones is 1. The third-order valence-electron chi connectivity index (χ3n) is 4.40. The number of carbonyl (C=O) groups excluding carboxylic acids is 1. The molecule has 1 fully saturated rings. The quantitative estimate of drug-likeness (QED) is 0.735. The molecule has 94 valence electrons. The average Bonchev–Trinajstić information content (AvgIpc) is 2.22. The second-order valence-corrected chi connectivity index (χ2v) is 5.73. The summed E-state index contributed by atoms with van der Waals surface area (Å²) >= 11 is 0. The summed E-state index contributed by atoms with van der Waals surface area (Å²) in [5, 5.41) is 0. The van der Waals surface area contributed by atoms with Gasteiger partial charge in [0.15, 0.2) is 0 Å². The van der Waals surface area contributed by atoms with Crippen LogP contribution < -0.4 is 0 Å². The Morgan fingerprint density at radius 2 is 1.81 bits per heavy atom. The molecule has 2 heteroatoms. The topological polar surface area (TPSA) is 26.3 Å². The number of carbonyl (C=O) groups is 1. The fourth-order valence-electron chi connectivity index (χ4n) is 3.35. The average molecular weight is 226 g/mol. The van der Waals surface area contributed by atoms with Crippen molar-refractivity contribution in [2.24, 2.45) is 23.2 Å². The van der Waals surface area contributed by atoms with Gasteiger partial charge in [0.1, 0.15) is 5.78 Å². The standard InChI is InChI=1S/C14H26O2/c1-10(2)13(15)14(9-16-5)11(3)7-6-8-12(14)4/h10-12H,6-9H2,1-5H3. The van der Waals surface area contributed by atoms with Gasteiger partial charge >= 0.3 is 0 Å². The molecule has 2 atom stereocenters. The molecule has 0 saturated heterocycles. The number of methoxy groups -OCH3 is 1. The summed E-state index contributed by atoms with van der Waals surface area (Å²) in [7, 11) is 1.71. The van der Waals surface area contributed by atoms with Gasteiger partial charge in [0.2, 0.25) is 0 Å². The van der Waals surface area contributed by atoms with Gasteiger partial charge in [-0.05, 0) is 24.7 Å². The first-order valence-corrected chi connectivity index (χ1v) is 6.50. The first-order chi connectivity index (χ1) is 7.46. The molecule has 1 aliphatic carbocycles. The van der Waals surface area contributed by atoms with Crippen LogP contribution in [0.5, 0.6) is 0 Å². The van der Waals surface area contributed by atoms with E-state index in [0.29, 0.717) is 24.2 Å². The van der Waals surface area contributed by atoms with Crippen molar-refractivity contribution in [3.63, 3.8) is 0 Å². The summed E-state index contributed by atoms with van der Waals surface area (Å²) in [5.41, 5.74) is -0.235. The van der Waals surface area contributed by atoms with Gasteiger partial charge in [-0.2, -0.15) is 0 Å². The van der Waals surface area contributed by atoms with Crippen molar-refractivity contribution in [3.05, 3.63) is 0 Å². The normalized spacial score (nSPS) is 35.4. The van der Waals surface area contributed by atoms with Crippen molar-refractivity contribution in [2.75, 3.05) is 13.7 Å². The molecule has 0 aromatic carbocycles. The van der Waals surface area contributed by atoms with E-state index in [1.165, 1.54) is 6.42 Å². The van der Waals surface area contributed by atoms with Crippen LogP contribution >= 0.6 is 0 Å². The van der Waals surface area contributed by atoms with Gasteiger partial charge in [-0.3, -0.25) is 4.79 Å². The minimum Gasteiger partial charge on any atom is -0.384 e. The zero-order valence-corrected chi connectivity index (χ0v) is 11.4. The van der Waals surface area contributed by atoms with E-state index in [9.17, 15) is 4.79 Å². The number of hydrogen-bond acceptors (Lipinski definition) is 2. The molecule has 0 aromatic heterocycles. The van der Waals surface area contributed by atoms with Gasteiger partial charge in [-0.15, -0.1) is 0 Å². The van der Waals surface area contributed by atoms with Crippen LogP contribution in [0.25, 0.3) is 0 Å². The number of ether oxygens (including phenoxy) is 1. The molecule has 0 radical (unpaired) electrons. The van der Waals surface area contributed by atoms with Crippen molar-refractivity contribution in [1.82, 2.24) is 0 Å². The van der Waals surface area contributed by atoms with Crippen molar-refractivity contribution in [1.29, 1.82) is 0 Å². The molecule has 0 aliphatic heterocycles. The smallest absolute Gasteiger partial charge is 0.144 e. The van der Waals surface area contributed by atoms with E-state index < -0.39 is 0 Å². The highest BCUT2D eigenvalue weighted by molar-refractivity contribution is 5.87. The molecule has 0 spiro atoms. The molecular formula is C14H26O2. The van der Waals surface area contributed by atoms with Crippen LogP contribution in [0.4, 0.5) is 0 Å². The SMILES string of the molecule is COCC1(C(=O)C(C)C)C(C)CCCC1C. The summed E-state index contributed by atoms with van der Waals surface area (Å²) in [6, 6.07) is 0. The predicted octanol–water partition coefficient (Wildman–Crippen LogP) is 3.30. The first kappa shape index (κ1) is 13.7. The molecule has 1 aliphatic rings. The predicted molar refractivity (Wildman–Crippen MR) is 66.3 cm³/mol. The first-order valence-electron chi connectivity index (χ1n) is 6.50. The van der Waals surface area contributed by atoms with Crippen LogP contribution in [0.2, 0.25) is 0 Å². The lowest BCUT2D eigenvalue weighted by Gasteiger charge is -2.46. The molecule has 2 unspecified atom stereocenters. The van der Waals surface area contributed by atoms with Gasteiger partial charge in [-0.25, -0.2) is 0 Å². The van der Waals surface area contributed by atoms with Crippen LogP contribution in [0.15, 0.2) is 0 Å². The summed E-state index contributed by atoms with van der Waals surface area (Å²) in [6.07, 6.45) is 3.57. The van der Waals surface area contributed by atoms with E-state index in [0.717, 1.165) is 12.8 Å². The van der Waals surface area contributed by atoms with Crippen molar-refractivity contribution in [3.8, 4) is 0 Å². The van der Waals surface area contributed by atoms with E-state index >= 15 is 0 Å². The Morgan fingerprint density at radius 1 is 1.31 bits per heavy atom. The molecule has 0 N–H and O–H groups in total. The summed E-state index contributed by atoms with van der Waals surface area (Å²) in [6.45, 7) is 9.04. The second kappa shape index (κ2) is 5.31. The monoisotopic (exact) mass is 226 g/mol. The van der Waals surface area contributed by atoms with Crippen LogP contribution in [-0.4, -0.2) is 19.5 Å². The minimum absolute atomic E-state index is 0.109. The van der Waals surface area contributed by atoms with Crippen LogP contribution in [0.1, 0.15) is 47.0 Å². The number of hydrogen-bond donors (Lipinski definition) is 0. The molecular weight excluding hydrogens is 200 g/mol. The Bertz CT molecular complexity index is 235. The maximum Gasteiger partial charge on any atom is 0.144 e. The molecule has 2 nitrogen and oxygen atoms in total. The van der Waals surface area contributed by atoms with Crippen LogP contribution in [-0.2, 0) is 9.53 Å². The van der Waals surface area contributed by atoms with Gasteiger partial charge in [0.25, 0.3) is 0 Å². The Balaban J connectivity index is 3.05. The van der Waals surface area contributed by atoms with E-state index in [2.05, 4.69) is 13.8 Å². The largest absolute Gasteiger partial charge is 0.384 e. The van der Waals surface area contributed by atoms with Crippen molar-refractivity contribution in [2.45, 2.75) is 47.0 Å². The zero-order chi connectivity index (χ0) is 12.3. The molecule has 1 saturated carbocycles. The third-order valence-corrected chi connectivity index (χ3v) is 4.40. The fourth-order valence-corrected chi connectivity index (χ4v) is 3.35. The van der Waals surface area contributed by atoms with E-state index in [1.54, 1.807) is 7.11 Å². The highest BCUT2D eigenvalue weighted by atomic mass is 16.5. The Hall–Kier alpha value is -0.370. The minimum atomic E-state index is -0.235. The highest BCUT2D eigenvalue weighted by Gasteiger charge is 2.49. The lowest BCUT2D eigenvalue weighted by molar-refractivity contribution is -0.147. The second-order valence-electron chi connectivity index (χ2n) is 5.73. The Kier molecular flexibility index (Phi) is 4.54. The van der Waals surface area contributed by atoms with Crippen LogP contribution in [0, 0.1) is 23.2 Å². The molecule has 0 amide bonds. The van der Waals surface area contributed by atoms with Gasteiger partial charge < -0.3 is 4.74 Å². The number of Topliss-reactive ketones (excluding diaryl/α,β-unsaturated/α-hetero) is 1. The molecule has 16 heavy (non-hydrogen) atoms. The third kappa shape index (κ3) is 2.17. The van der Waals surface area contributed by atoms with Crippen LogP contribution in [0.3, 0.4) is 0 Å². The lowest BCUT2D eigenvalue weighted by Crippen LogP contribution is -2.50. The molecule has 1 rings (SSSR count). The fraction of sp³-hybridized carbons (Fsp3) is 0.929. The summed E-state index contributed by atoms with van der Waals surface area (Å²) in [4.78, 5) is 12.6. The Morgan fingerprint density at radius 3 is 2.19 bits per heavy atom. The molecule has 0 heterocycles. The van der Waals surface area contributed by atoms with Crippen molar-refractivity contribution >= 4 is 5.78 Å². The van der Waals surface area contributed by atoms with Gasteiger partial charge in [0.05, 0.1) is 12.0 Å². The van der Waals surface area contributed by atoms with E-state index in [-0.39, 0.29) is 11.3 Å². The van der Waals surface area contributed by atoms with Crippen molar-refractivity contribution < 1.29 is 9.53 Å². The molecule has 0 bridgehead atoms. The lowest BCUT2D eigenvalue weighted by atomic mass is 9.58. The van der Waals surface area contributed by atoms with E-state index in [4.69, 9.17) is 4.74 Å². The van der Waals surface area contributed by atoms with Gasteiger partial charge in [-0.1, -0.05) is 34.1 Å². The maximum atomic E-state index is 12.6. The summed E-state index contributed by atoms with van der Waals surface area (Å²) < 4.78 is 5.38. The maximum absolute atomic E-state index is 12.6. The van der Waals surface area contributed by atoms with E-state index in [1.807, 2.05) is 13.8 Å². The highest BCUT2D eigenvalue weighted by Crippen LogP contribution is 2.47. The molecule has 0 aromatic rings. The van der Waals surface area contributed by atoms with Gasteiger partial charge in [0, 0.05) is 13.0 Å².